The van der Waals surface area contributed by atoms with E-state index in [0.29, 0.717) is 0 Å². The lowest BCUT2D eigenvalue weighted by atomic mass is 9.64. The first kappa shape index (κ1) is 22.5. The van der Waals surface area contributed by atoms with Crippen LogP contribution in [0.4, 0.5) is 65.9 Å². The van der Waals surface area contributed by atoms with Gasteiger partial charge in [0.2, 0.25) is 0 Å². The van der Waals surface area contributed by atoms with Crippen molar-refractivity contribution in [3.05, 3.63) is 0 Å². The van der Waals surface area contributed by atoms with Gasteiger partial charge in [-0.2, -0.15) is 57.1 Å². The summed E-state index contributed by atoms with van der Waals surface area (Å²) in [4.78, 5) is 10.3. The molecule has 0 saturated heterocycles. The van der Waals surface area contributed by atoms with Crippen LogP contribution >= 0.6 is 0 Å². The molecule has 0 aromatic rings. The Morgan fingerprint density at radius 3 is 1.23 bits per heavy atom. The van der Waals surface area contributed by atoms with Gasteiger partial charge in [-0.1, -0.05) is 0 Å². The molecule has 0 aromatic heterocycles. The second-order valence-corrected chi connectivity index (χ2v) is 4.99. The molecular formula is C9HF15O2. The number of carboxylic acids is 1. The zero-order valence-corrected chi connectivity index (χ0v) is 11.0. The fraction of sp³-hybridized carbons (Fsp3) is 0.889. The Hall–Kier alpha value is -1.58. The molecule has 0 aromatic carbocycles. The molecule has 2 nitrogen and oxygen atoms in total. The number of hydrogen-bond donors (Lipinski definition) is 1. The van der Waals surface area contributed by atoms with Crippen molar-refractivity contribution < 1.29 is 75.8 Å². The van der Waals surface area contributed by atoms with Crippen molar-refractivity contribution in [1.29, 1.82) is 0 Å². The van der Waals surface area contributed by atoms with Gasteiger partial charge in [-0.3, -0.25) is 0 Å². The van der Waals surface area contributed by atoms with E-state index in [2.05, 4.69) is 0 Å². The topological polar surface area (TPSA) is 37.3 Å². The number of carbonyl (C=O) groups is 1. The molecule has 1 fully saturated rings. The maximum absolute atomic E-state index is 13.8. The summed E-state index contributed by atoms with van der Waals surface area (Å²) < 4.78 is 196. The normalized spacial score (nSPS) is 35.8. The Bertz CT molecular complexity index is 621. The molecule has 0 aliphatic heterocycles. The Kier molecular flexibility index (Phi) is 4.16. The number of hydrogen-bond acceptors (Lipinski definition) is 1. The molecule has 0 bridgehead atoms. The first-order valence-corrected chi connectivity index (χ1v) is 5.51. The van der Waals surface area contributed by atoms with Crippen LogP contribution in [0.3, 0.4) is 0 Å². The van der Waals surface area contributed by atoms with Crippen LogP contribution in [0, 0.1) is 0 Å². The van der Waals surface area contributed by atoms with E-state index in [-0.39, 0.29) is 0 Å². The van der Waals surface area contributed by atoms with Gasteiger partial charge >= 0.3 is 53.1 Å². The Balaban J connectivity index is 4.20. The van der Waals surface area contributed by atoms with Crippen LogP contribution < -0.4 is 0 Å². The van der Waals surface area contributed by atoms with E-state index >= 15 is 0 Å². The summed E-state index contributed by atoms with van der Waals surface area (Å²) in [5, 5.41) is 7.97. The second-order valence-electron chi connectivity index (χ2n) is 4.99. The lowest BCUT2D eigenvalue weighted by Crippen LogP contribution is -2.90. The number of carboxylic acid groups (broad SMARTS) is 1. The summed E-state index contributed by atoms with van der Waals surface area (Å²) in [6.07, 6.45) is -7.88. The van der Waals surface area contributed by atoms with Crippen molar-refractivity contribution in [1.82, 2.24) is 0 Å². The molecule has 26 heavy (non-hydrogen) atoms. The van der Waals surface area contributed by atoms with Crippen molar-refractivity contribution in [2.24, 2.45) is 0 Å². The van der Waals surface area contributed by atoms with E-state index in [0.717, 1.165) is 0 Å². The summed E-state index contributed by atoms with van der Waals surface area (Å²) in [7, 11) is 0. The Labute approximate surface area is 130 Å². The summed E-state index contributed by atoms with van der Waals surface area (Å²) in [5.74, 6) is -45.3. The maximum Gasteiger partial charge on any atom is 0.457 e. The molecule has 17 heteroatoms. The third-order valence-electron chi connectivity index (χ3n) is 3.60. The van der Waals surface area contributed by atoms with E-state index in [4.69, 9.17) is 5.11 Å². The van der Waals surface area contributed by atoms with Crippen LogP contribution in [-0.2, 0) is 4.79 Å². The Morgan fingerprint density at radius 2 is 0.962 bits per heavy atom. The van der Waals surface area contributed by atoms with Gasteiger partial charge in [0, 0.05) is 0 Å². The van der Waals surface area contributed by atoms with Crippen LogP contribution in [0.15, 0.2) is 0 Å². The first-order valence-electron chi connectivity index (χ1n) is 5.51. The van der Waals surface area contributed by atoms with Gasteiger partial charge in [-0.05, 0) is 0 Å². The molecule has 0 heterocycles. The van der Waals surface area contributed by atoms with Gasteiger partial charge in [0.25, 0.3) is 0 Å². The zero-order valence-electron chi connectivity index (χ0n) is 11.0. The predicted molar refractivity (Wildman–Crippen MR) is 46.1 cm³/mol. The van der Waals surface area contributed by atoms with Crippen LogP contribution in [-0.4, -0.2) is 58.2 Å². The van der Waals surface area contributed by atoms with Gasteiger partial charge in [0.1, 0.15) is 0 Å². The van der Waals surface area contributed by atoms with E-state index in [1.807, 2.05) is 0 Å². The van der Waals surface area contributed by atoms with Crippen LogP contribution in [0.5, 0.6) is 0 Å². The molecule has 1 aliphatic carbocycles. The molecule has 1 aliphatic rings. The van der Waals surface area contributed by atoms with Crippen molar-refractivity contribution in [2.75, 3.05) is 0 Å². The highest BCUT2D eigenvalue weighted by Crippen LogP contribution is 2.73. The smallest absolute Gasteiger partial charge is 0.457 e. The predicted octanol–water partition coefficient (Wildman–Crippen LogP) is 4.24. The third-order valence-corrected chi connectivity index (χ3v) is 3.60. The summed E-state index contributed by atoms with van der Waals surface area (Å²) in [5.41, 5.74) is -16.1. The zero-order chi connectivity index (χ0) is 21.6. The SMILES string of the molecule is O=C(O)C1(F)C(F)(F)C(F)(F)C(F)(F)C(F)(C(F)(F)C(F)(F)F)C1(F)F. The number of halogens is 15. The monoisotopic (exact) mass is 426 g/mol. The number of rotatable bonds is 2. The standard InChI is InChI=1S/C9HF15O2/c10-2(1(25)26)4(12,13)3(11,7(18,19)9(22,23)24)6(16,17)8(20,21)5(2,14)15/h(H,25,26). The number of alkyl halides is 15. The van der Waals surface area contributed by atoms with Gasteiger partial charge in [0.15, 0.2) is 0 Å². The minimum Gasteiger partial charge on any atom is -0.479 e. The van der Waals surface area contributed by atoms with Crippen molar-refractivity contribution in [3.8, 4) is 0 Å². The van der Waals surface area contributed by atoms with Crippen LogP contribution in [0.2, 0.25) is 0 Å². The van der Waals surface area contributed by atoms with E-state index in [1.54, 1.807) is 0 Å². The minimum atomic E-state index is -8.45. The van der Waals surface area contributed by atoms with Crippen LogP contribution in [0.25, 0.3) is 0 Å². The van der Waals surface area contributed by atoms with Crippen molar-refractivity contribution in [3.63, 3.8) is 0 Å². The third kappa shape index (κ3) is 1.76. The maximum atomic E-state index is 13.8. The fourth-order valence-corrected chi connectivity index (χ4v) is 2.12. The van der Waals surface area contributed by atoms with Crippen LogP contribution in [0.1, 0.15) is 0 Å². The summed E-state index contributed by atoms with van der Waals surface area (Å²) in [6, 6.07) is 0. The molecular weight excluding hydrogens is 425 g/mol. The second kappa shape index (κ2) is 4.82. The van der Waals surface area contributed by atoms with Gasteiger partial charge in [-0.25, -0.2) is 13.6 Å². The van der Waals surface area contributed by atoms with Gasteiger partial charge in [0.05, 0.1) is 0 Å². The first-order chi connectivity index (χ1) is 10.9. The number of aliphatic carboxylic acids is 1. The van der Waals surface area contributed by atoms with Gasteiger partial charge in [-0.15, -0.1) is 0 Å². The molecule has 1 saturated carbocycles. The van der Waals surface area contributed by atoms with Crippen molar-refractivity contribution >= 4 is 5.97 Å². The quantitative estimate of drug-likeness (QED) is 0.672. The molecule has 1 N–H and O–H groups in total. The molecule has 1 rings (SSSR count). The molecule has 154 valence electrons. The molecule has 0 spiro atoms. The molecule has 2 unspecified atom stereocenters. The van der Waals surface area contributed by atoms with Gasteiger partial charge < -0.3 is 5.11 Å². The van der Waals surface area contributed by atoms with Crippen molar-refractivity contribution in [2.45, 2.75) is 47.1 Å². The van der Waals surface area contributed by atoms with E-state index in [9.17, 15) is 70.7 Å². The average Bonchev–Trinajstić information content (AvgIpc) is 2.41. The average molecular weight is 426 g/mol. The highest BCUT2D eigenvalue weighted by Gasteiger charge is 3.07. The largest absolute Gasteiger partial charge is 0.479 e. The minimum absolute atomic E-state index is 4.59. The van der Waals surface area contributed by atoms with E-state index in [1.165, 1.54) is 0 Å². The molecule has 0 amide bonds. The molecule has 2 atom stereocenters. The lowest BCUT2D eigenvalue weighted by Gasteiger charge is -2.55. The highest BCUT2D eigenvalue weighted by atomic mass is 19.4. The highest BCUT2D eigenvalue weighted by molar-refractivity contribution is 5.82. The lowest BCUT2D eigenvalue weighted by molar-refractivity contribution is -0.497. The summed E-state index contributed by atoms with van der Waals surface area (Å²) in [6.45, 7) is 0. The molecule has 0 radical (unpaired) electrons. The van der Waals surface area contributed by atoms with E-state index < -0.39 is 53.1 Å². The summed E-state index contributed by atoms with van der Waals surface area (Å²) >= 11 is 0. The Morgan fingerprint density at radius 1 is 0.615 bits per heavy atom. The fourth-order valence-electron chi connectivity index (χ4n) is 2.12.